The molecule has 3 aromatic rings. The number of ether oxygens (including phenoxy) is 1. The normalized spacial score (nSPS) is 17.3. The van der Waals surface area contributed by atoms with Crippen molar-refractivity contribution in [2.45, 2.75) is 19.4 Å². The van der Waals surface area contributed by atoms with E-state index in [2.05, 4.69) is 15.5 Å². The maximum Gasteiger partial charge on any atom is 0.428 e. The first-order valence-electron chi connectivity index (χ1n) is 7.75. The second kappa shape index (κ2) is 5.81. The number of carbonyl (C=O) groups excluding carboxylic acids is 1. The molecule has 2 heterocycles. The SMILES string of the molecule is CCC1OC(=O)NN=C1c1ccc2nc(-c3ccccc3)oc2c1. The Kier molecular flexibility index (Phi) is 3.49. The van der Waals surface area contributed by atoms with E-state index in [0.717, 1.165) is 16.6 Å². The highest BCUT2D eigenvalue weighted by Crippen LogP contribution is 2.26. The Morgan fingerprint density at radius 2 is 1.96 bits per heavy atom. The van der Waals surface area contributed by atoms with E-state index in [-0.39, 0.29) is 6.10 Å². The van der Waals surface area contributed by atoms with Gasteiger partial charge in [0.15, 0.2) is 5.58 Å². The van der Waals surface area contributed by atoms with Crippen LogP contribution in [0.25, 0.3) is 22.6 Å². The smallest absolute Gasteiger partial charge is 0.428 e. The third-order valence-electron chi connectivity index (χ3n) is 3.90. The number of rotatable bonds is 3. The van der Waals surface area contributed by atoms with Crippen molar-refractivity contribution in [3.63, 3.8) is 0 Å². The monoisotopic (exact) mass is 321 g/mol. The molecule has 0 saturated heterocycles. The van der Waals surface area contributed by atoms with Gasteiger partial charge < -0.3 is 9.15 Å². The van der Waals surface area contributed by atoms with Gasteiger partial charge in [0.25, 0.3) is 0 Å². The molecule has 2 aromatic carbocycles. The number of aromatic nitrogens is 1. The minimum absolute atomic E-state index is 0.368. The van der Waals surface area contributed by atoms with Crippen LogP contribution >= 0.6 is 0 Å². The van der Waals surface area contributed by atoms with E-state index in [9.17, 15) is 4.79 Å². The molecular formula is C18H15N3O3. The Morgan fingerprint density at radius 3 is 2.75 bits per heavy atom. The summed E-state index contributed by atoms with van der Waals surface area (Å²) in [5, 5.41) is 4.13. The van der Waals surface area contributed by atoms with Crippen molar-refractivity contribution in [1.29, 1.82) is 0 Å². The zero-order valence-corrected chi connectivity index (χ0v) is 13.0. The lowest BCUT2D eigenvalue weighted by Gasteiger charge is -2.22. The average molecular weight is 321 g/mol. The van der Waals surface area contributed by atoms with Crippen LogP contribution in [0.2, 0.25) is 0 Å². The number of hydrogen-bond acceptors (Lipinski definition) is 5. The highest BCUT2D eigenvalue weighted by molar-refractivity contribution is 6.07. The van der Waals surface area contributed by atoms with Crippen LogP contribution in [0.5, 0.6) is 0 Å². The largest absolute Gasteiger partial charge is 0.438 e. The number of hydrogen-bond donors (Lipinski definition) is 1. The van der Waals surface area contributed by atoms with Crippen LogP contribution in [0.1, 0.15) is 18.9 Å². The van der Waals surface area contributed by atoms with Crippen molar-refractivity contribution in [2.24, 2.45) is 5.10 Å². The fraction of sp³-hybridized carbons (Fsp3) is 0.167. The maximum absolute atomic E-state index is 11.3. The summed E-state index contributed by atoms with van der Waals surface area (Å²) in [7, 11) is 0. The van der Waals surface area contributed by atoms with E-state index >= 15 is 0 Å². The molecule has 24 heavy (non-hydrogen) atoms. The van der Waals surface area contributed by atoms with Crippen LogP contribution in [0.4, 0.5) is 4.79 Å². The number of carbonyl (C=O) groups is 1. The molecule has 0 fully saturated rings. The molecule has 1 aliphatic rings. The number of fused-ring (bicyclic) bond motifs is 1. The van der Waals surface area contributed by atoms with Crippen LogP contribution in [0, 0.1) is 0 Å². The van der Waals surface area contributed by atoms with E-state index in [1.54, 1.807) is 0 Å². The molecule has 4 rings (SSSR count). The molecular weight excluding hydrogens is 306 g/mol. The molecule has 120 valence electrons. The Labute approximate surface area is 138 Å². The molecule has 1 unspecified atom stereocenters. The molecule has 1 atom stereocenters. The Balaban J connectivity index is 1.75. The summed E-state index contributed by atoms with van der Waals surface area (Å²) < 4.78 is 11.1. The predicted octanol–water partition coefficient (Wildman–Crippen LogP) is 3.72. The first-order valence-corrected chi connectivity index (χ1v) is 7.75. The number of nitrogens with zero attached hydrogens (tertiary/aromatic N) is 2. The number of benzene rings is 2. The number of cyclic esters (lactones) is 1. The van der Waals surface area contributed by atoms with Crippen LogP contribution in [-0.4, -0.2) is 22.9 Å². The Bertz CT molecular complexity index is 931. The molecule has 1 aromatic heterocycles. The van der Waals surface area contributed by atoms with Gasteiger partial charge in [0.1, 0.15) is 17.3 Å². The fourth-order valence-corrected chi connectivity index (χ4v) is 2.70. The maximum atomic E-state index is 11.3. The zero-order chi connectivity index (χ0) is 16.5. The third-order valence-corrected chi connectivity index (χ3v) is 3.90. The quantitative estimate of drug-likeness (QED) is 0.797. The molecule has 1 N–H and O–H groups in total. The van der Waals surface area contributed by atoms with E-state index < -0.39 is 6.09 Å². The van der Waals surface area contributed by atoms with Gasteiger partial charge in [-0.1, -0.05) is 31.2 Å². The molecule has 1 aliphatic heterocycles. The van der Waals surface area contributed by atoms with Crippen molar-refractivity contribution in [3.8, 4) is 11.5 Å². The minimum atomic E-state index is -0.530. The molecule has 0 spiro atoms. The molecule has 0 aliphatic carbocycles. The minimum Gasteiger partial charge on any atom is -0.438 e. The van der Waals surface area contributed by atoms with E-state index in [1.165, 1.54) is 0 Å². The van der Waals surface area contributed by atoms with Crippen molar-refractivity contribution in [2.75, 3.05) is 0 Å². The Hall–Kier alpha value is -3.15. The summed E-state index contributed by atoms with van der Waals surface area (Å²) in [6.07, 6.45) is -0.249. The lowest BCUT2D eigenvalue weighted by atomic mass is 10.0. The van der Waals surface area contributed by atoms with E-state index in [1.807, 2.05) is 55.5 Å². The van der Waals surface area contributed by atoms with Crippen LogP contribution < -0.4 is 5.43 Å². The molecule has 0 bridgehead atoms. The second-order valence-corrected chi connectivity index (χ2v) is 5.48. The summed E-state index contributed by atoms with van der Waals surface area (Å²) in [5.74, 6) is 0.574. The lowest BCUT2D eigenvalue weighted by Crippen LogP contribution is -2.38. The van der Waals surface area contributed by atoms with Gasteiger partial charge in [0, 0.05) is 11.1 Å². The van der Waals surface area contributed by atoms with Gasteiger partial charge in [-0.25, -0.2) is 15.2 Å². The topological polar surface area (TPSA) is 76.7 Å². The molecule has 0 radical (unpaired) electrons. The van der Waals surface area contributed by atoms with Crippen molar-refractivity contribution >= 4 is 22.9 Å². The molecule has 6 heteroatoms. The van der Waals surface area contributed by atoms with Crippen molar-refractivity contribution in [3.05, 3.63) is 54.1 Å². The van der Waals surface area contributed by atoms with Crippen LogP contribution in [0.15, 0.2) is 58.0 Å². The first-order chi connectivity index (χ1) is 11.7. The van der Waals surface area contributed by atoms with Crippen molar-refractivity contribution < 1.29 is 13.9 Å². The highest BCUT2D eigenvalue weighted by Gasteiger charge is 2.25. The lowest BCUT2D eigenvalue weighted by molar-refractivity contribution is 0.119. The van der Waals surface area contributed by atoms with Gasteiger partial charge in [-0.2, -0.15) is 5.10 Å². The highest BCUT2D eigenvalue weighted by atomic mass is 16.6. The van der Waals surface area contributed by atoms with Crippen molar-refractivity contribution in [1.82, 2.24) is 10.4 Å². The van der Waals surface area contributed by atoms with Gasteiger partial charge in [-0.3, -0.25) is 0 Å². The van der Waals surface area contributed by atoms with Crippen LogP contribution in [0.3, 0.4) is 0 Å². The molecule has 0 saturated carbocycles. The number of oxazole rings is 1. The van der Waals surface area contributed by atoms with Crippen LogP contribution in [-0.2, 0) is 4.74 Å². The predicted molar refractivity (Wildman–Crippen MR) is 89.7 cm³/mol. The number of amides is 1. The second-order valence-electron chi connectivity index (χ2n) is 5.48. The first kappa shape index (κ1) is 14.4. The molecule has 1 amide bonds. The summed E-state index contributed by atoms with van der Waals surface area (Å²) in [4.78, 5) is 15.8. The summed E-state index contributed by atoms with van der Waals surface area (Å²) >= 11 is 0. The van der Waals surface area contributed by atoms with E-state index in [4.69, 9.17) is 9.15 Å². The van der Waals surface area contributed by atoms with Gasteiger partial charge in [0.05, 0.1) is 0 Å². The van der Waals surface area contributed by atoms with Gasteiger partial charge >= 0.3 is 6.09 Å². The zero-order valence-electron chi connectivity index (χ0n) is 13.0. The standard InChI is InChI=1S/C18H15N3O3/c1-2-14-16(20-21-18(22)24-14)12-8-9-13-15(10-12)23-17(19-13)11-6-4-3-5-7-11/h3-10,14H,2H2,1H3,(H,21,22). The third kappa shape index (κ3) is 2.52. The summed E-state index contributed by atoms with van der Waals surface area (Å²) in [6.45, 7) is 1.94. The van der Waals surface area contributed by atoms with Gasteiger partial charge in [-0.05, 0) is 30.7 Å². The number of hydrazone groups is 1. The number of nitrogens with one attached hydrogen (secondary N) is 1. The molecule has 6 nitrogen and oxygen atoms in total. The Morgan fingerprint density at radius 1 is 1.12 bits per heavy atom. The van der Waals surface area contributed by atoms with Gasteiger partial charge in [0.2, 0.25) is 5.89 Å². The van der Waals surface area contributed by atoms with Gasteiger partial charge in [-0.15, -0.1) is 0 Å². The average Bonchev–Trinajstić information content (AvgIpc) is 3.05. The summed E-state index contributed by atoms with van der Waals surface area (Å²) in [6, 6.07) is 15.4. The van der Waals surface area contributed by atoms with E-state index in [0.29, 0.717) is 23.6 Å². The fourth-order valence-electron chi connectivity index (χ4n) is 2.70. The summed E-state index contributed by atoms with van der Waals surface area (Å²) in [5.41, 5.74) is 6.23.